The molecule has 0 saturated heterocycles. The molecule has 0 aromatic heterocycles. The third-order valence-electron chi connectivity index (χ3n) is 5.41. The molecule has 0 bridgehead atoms. The highest BCUT2D eigenvalue weighted by molar-refractivity contribution is 5.86. The summed E-state index contributed by atoms with van der Waals surface area (Å²) in [4.78, 5) is 14.8. The Bertz CT molecular complexity index is 1360. The fraction of sp³-hybridized carbons (Fsp3) is 0.107. The first kappa shape index (κ1) is 22.7. The molecule has 0 spiro atoms. The lowest BCUT2D eigenvalue weighted by molar-refractivity contribution is -0.384. The van der Waals surface area contributed by atoms with Gasteiger partial charge in [-0.05, 0) is 52.6 Å². The van der Waals surface area contributed by atoms with Crippen LogP contribution in [0.1, 0.15) is 16.7 Å². The third-order valence-corrected chi connectivity index (χ3v) is 5.41. The molecule has 0 aliphatic heterocycles. The van der Waals surface area contributed by atoms with Crippen molar-refractivity contribution >= 4 is 28.4 Å². The van der Waals surface area contributed by atoms with Crippen LogP contribution in [0, 0.1) is 10.1 Å². The molecule has 0 aliphatic carbocycles. The van der Waals surface area contributed by atoms with Crippen LogP contribution in [0.4, 0.5) is 11.4 Å². The minimum atomic E-state index is -0.434. The molecule has 0 radical (unpaired) electrons. The largest absolute Gasteiger partial charge is 0.493 e. The average molecular weight is 453 g/mol. The van der Waals surface area contributed by atoms with Crippen molar-refractivity contribution < 1.29 is 14.4 Å². The maximum Gasteiger partial charge on any atom is 0.269 e. The van der Waals surface area contributed by atoms with Gasteiger partial charge >= 0.3 is 0 Å². The molecule has 4 aromatic rings. The highest BCUT2D eigenvalue weighted by Crippen LogP contribution is 2.34. The Hall–Kier alpha value is -4.45. The Morgan fingerprint density at radius 3 is 2.50 bits per heavy atom. The number of nitro benzene ring substituents is 1. The van der Waals surface area contributed by atoms with Crippen molar-refractivity contribution in [2.75, 3.05) is 7.11 Å². The Morgan fingerprint density at radius 2 is 1.76 bits per heavy atom. The molecule has 0 saturated carbocycles. The summed E-state index contributed by atoms with van der Waals surface area (Å²) in [7, 11) is 1.61. The van der Waals surface area contributed by atoms with Gasteiger partial charge in [0.15, 0.2) is 11.5 Å². The molecular formula is C28H24N2O4. The van der Waals surface area contributed by atoms with Crippen molar-refractivity contribution in [3.8, 4) is 11.5 Å². The molecule has 0 fully saturated rings. The predicted molar refractivity (Wildman–Crippen MR) is 136 cm³/mol. The highest BCUT2D eigenvalue weighted by atomic mass is 16.6. The molecule has 0 amide bonds. The van der Waals surface area contributed by atoms with Crippen molar-refractivity contribution in [3.63, 3.8) is 0 Å². The van der Waals surface area contributed by atoms with E-state index in [0.717, 1.165) is 22.1 Å². The first-order chi connectivity index (χ1) is 16.6. The van der Waals surface area contributed by atoms with E-state index < -0.39 is 4.92 Å². The lowest BCUT2D eigenvalue weighted by Crippen LogP contribution is -2.03. The number of fused-ring (bicyclic) bond motifs is 1. The topological polar surface area (TPSA) is 74.0 Å². The number of allylic oxidation sites excluding steroid dienone is 1. The molecule has 34 heavy (non-hydrogen) atoms. The number of methoxy groups -OCH3 is 1. The molecule has 170 valence electrons. The second-order valence-corrected chi connectivity index (χ2v) is 7.66. The summed E-state index contributed by atoms with van der Waals surface area (Å²) >= 11 is 0. The normalized spacial score (nSPS) is 11.0. The zero-order valence-electron chi connectivity index (χ0n) is 18.8. The van der Waals surface area contributed by atoms with Gasteiger partial charge in [0.05, 0.1) is 17.7 Å². The number of nitrogens with zero attached hydrogens (tertiary/aromatic N) is 2. The number of hydrogen-bond donors (Lipinski definition) is 0. The van der Waals surface area contributed by atoms with Gasteiger partial charge in [-0.25, -0.2) is 0 Å². The van der Waals surface area contributed by atoms with Gasteiger partial charge < -0.3 is 9.47 Å². The van der Waals surface area contributed by atoms with Gasteiger partial charge in [0.25, 0.3) is 5.69 Å². The minimum Gasteiger partial charge on any atom is -0.493 e. The standard InChI is InChI=1S/C28H24N2O4/c1-3-7-22-16-20(18-29-24-12-14-25(15-13-24)30(31)32)17-27(33-2)28(22)34-19-23-10-6-9-21-8-4-5-11-26(21)23/h3-6,8-18H,1,7,19H2,2H3. The summed E-state index contributed by atoms with van der Waals surface area (Å²) in [5.74, 6) is 1.27. The van der Waals surface area contributed by atoms with Crippen LogP contribution in [0.25, 0.3) is 10.8 Å². The molecule has 6 heteroatoms. The van der Waals surface area contributed by atoms with Crippen LogP contribution >= 0.6 is 0 Å². The molecule has 6 nitrogen and oxygen atoms in total. The summed E-state index contributed by atoms with van der Waals surface area (Å²) in [5.41, 5.74) is 3.49. The smallest absolute Gasteiger partial charge is 0.269 e. The van der Waals surface area contributed by atoms with Gasteiger partial charge in [0.1, 0.15) is 6.61 Å². The van der Waals surface area contributed by atoms with Crippen molar-refractivity contribution in [3.05, 3.63) is 118 Å². The van der Waals surface area contributed by atoms with Gasteiger partial charge in [-0.3, -0.25) is 15.1 Å². The Kier molecular flexibility index (Phi) is 6.98. The molecule has 0 heterocycles. The minimum absolute atomic E-state index is 0.0292. The van der Waals surface area contributed by atoms with Crippen molar-refractivity contribution in [1.29, 1.82) is 0 Å². The second-order valence-electron chi connectivity index (χ2n) is 7.66. The summed E-state index contributed by atoms with van der Waals surface area (Å²) in [6, 6.07) is 24.3. The first-order valence-electron chi connectivity index (χ1n) is 10.8. The monoisotopic (exact) mass is 452 g/mol. The maximum atomic E-state index is 10.8. The number of ether oxygens (including phenoxy) is 2. The fourth-order valence-corrected chi connectivity index (χ4v) is 3.76. The van der Waals surface area contributed by atoms with Gasteiger partial charge in [-0.2, -0.15) is 0 Å². The van der Waals surface area contributed by atoms with E-state index >= 15 is 0 Å². The Morgan fingerprint density at radius 1 is 1.00 bits per heavy atom. The van der Waals surface area contributed by atoms with E-state index in [1.807, 2.05) is 36.4 Å². The molecule has 0 atom stereocenters. The second kappa shape index (κ2) is 10.4. The molecule has 0 N–H and O–H groups in total. The van der Waals surface area contributed by atoms with E-state index in [1.54, 1.807) is 25.5 Å². The molecule has 0 unspecified atom stereocenters. The quantitative estimate of drug-likeness (QED) is 0.121. The van der Waals surface area contributed by atoms with Gasteiger partial charge in [-0.15, -0.1) is 6.58 Å². The highest BCUT2D eigenvalue weighted by Gasteiger charge is 2.13. The number of hydrogen-bond acceptors (Lipinski definition) is 5. The van der Waals surface area contributed by atoms with Gasteiger partial charge in [-0.1, -0.05) is 48.5 Å². The van der Waals surface area contributed by atoms with Crippen LogP contribution in [0.15, 0.2) is 96.5 Å². The van der Waals surface area contributed by atoms with Crippen LogP contribution < -0.4 is 9.47 Å². The summed E-state index contributed by atoms with van der Waals surface area (Å²) < 4.78 is 11.9. The van der Waals surface area contributed by atoms with Gasteiger partial charge in [0, 0.05) is 23.9 Å². The van der Waals surface area contributed by atoms with Crippen LogP contribution in [-0.4, -0.2) is 18.2 Å². The number of rotatable bonds is 9. The number of nitro groups is 1. The first-order valence-corrected chi connectivity index (χ1v) is 10.8. The van der Waals surface area contributed by atoms with Crippen molar-refractivity contribution in [2.24, 2.45) is 4.99 Å². The Balaban J connectivity index is 1.61. The summed E-state index contributed by atoms with van der Waals surface area (Å²) in [6.07, 6.45) is 4.11. The molecule has 0 aliphatic rings. The van der Waals surface area contributed by atoms with E-state index in [2.05, 4.69) is 35.8 Å². The SMILES string of the molecule is C=CCc1cc(C=Nc2ccc([N+](=O)[O-])cc2)cc(OC)c1OCc1cccc2ccccc12. The van der Waals surface area contributed by atoms with E-state index in [9.17, 15) is 10.1 Å². The summed E-state index contributed by atoms with van der Waals surface area (Å²) in [5, 5.41) is 13.2. The number of benzene rings is 4. The zero-order valence-corrected chi connectivity index (χ0v) is 18.8. The fourth-order valence-electron chi connectivity index (χ4n) is 3.76. The van der Waals surface area contributed by atoms with Crippen molar-refractivity contribution in [2.45, 2.75) is 13.0 Å². The average Bonchev–Trinajstić information content (AvgIpc) is 2.87. The van der Waals surface area contributed by atoms with E-state index in [1.165, 1.54) is 17.5 Å². The zero-order chi connectivity index (χ0) is 23.9. The predicted octanol–water partition coefficient (Wildman–Crippen LogP) is 6.81. The van der Waals surface area contributed by atoms with Gasteiger partial charge in [0.2, 0.25) is 0 Å². The molecule has 4 rings (SSSR count). The number of aliphatic imine (C=N–C) groups is 1. The molecular weight excluding hydrogens is 428 g/mol. The lowest BCUT2D eigenvalue weighted by Gasteiger charge is -2.16. The molecule has 4 aromatic carbocycles. The third kappa shape index (κ3) is 5.13. The van der Waals surface area contributed by atoms with Crippen LogP contribution in [0.5, 0.6) is 11.5 Å². The van der Waals surface area contributed by atoms with Crippen LogP contribution in [0.3, 0.4) is 0 Å². The summed E-state index contributed by atoms with van der Waals surface area (Å²) in [6.45, 7) is 4.27. The number of non-ortho nitro benzene ring substituents is 1. The lowest BCUT2D eigenvalue weighted by atomic mass is 10.0. The van der Waals surface area contributed by atoms with E-state index in [4.69, 9.17) is 9.47 Å². The van der Waals surface area contributed by atoms with Crippen LogP contribution in [-0.2, 0) is 13.0 Å². The van der Waals surface area contributed by atoms with Crippen LogP contribution in [0.2, 0.25) is 0 Å². The van der Waals surface area contributed by atoms with Crippen molar-refractivity contribution in [1.82, 2.24) is 0 Å². The Labute approximate surface area is 198 Å². The van der Waals surface area contributed by atoms with E-state index in [0.29, 0.717) is 30.2 Å². The maximum absolute atomic E-state index is 10.8. The van der Waals surface area contributed by atoms with E-state index in [-0.39, 0.29) is 5.69 Å².